The molecular formula is C13H15N5O. The van der Waals surface area contributed by atoms with Crippen molar-refractivity contribution < 1.29 is 0 Å². The molecule has 2 aromatic heterocycles. The standard InChI is InChI=1S/C13H15N5O/c19-13-4-1-6-16-18(13)9-11-3-2-8-17(11)12-5-7-14-10-15-12/h1,4-7,10-11H,2-3,8-9H2. The van der Waals surface area contributed by atoms with Crippen molar-refractivity contribution in [3.05, 3.63) is 47.3 Å². The lowest BCUT2D eigenvalue weighted by molar-refractivity contribution is 0.487. The number of rotatable bonds is 3. The van der Waals surface area contributed by atoms with E-state index in [-0.39, 0.29) is 11.6 Å². The van der Waals surface area contributed by atoms with Gasteiger partial charge in [0.25, 0.3) is 5.56 Å². The molecule has 1 aliphatic rings. The van der Waals surface area contributed by atoms with Crippen LogP contribution in [0.25, 0.3) is 0 Å². The molecule has 0 aromatic carbocycles. The molecule has 1 saturated heterocycles. The Balaban J connectivity index is 1.81. The first kappa shape index (κ1) is 11.8. The van der Waals surface area contributed by atoms with Crippen molar-refractivity contribution in [1.29, 1.82) is 0 Å². The second kappa shape index (κ2) is 5.17. The molecule has 6 heteroatoms. The van der Waals surface area contributed by atoms with Gasteiger partial charge in [-0.3, -0.25) is 4.79 Å². The number of nitrogens with zero attached hydrogens (tertiary/aromatic N) is 5. The summed E-state index contributed by atoms with van der Waals surface area (Å²) in [5, 5.41) is 4.11. The first-order chi connectivity index (χ1) is 9.34. The molecule has 1 aliphatic heterocycles. The Morgan fingerprint density at radius 1 is 1.32 bits per heavy atom. The van der Waals surface area contributed by atoms with Gasteiger partial charge >= 0.3 is 0 Å². The highest BCUT2D eigenvalue weighted by atomic mass is 16.1. The van der Waals surface area contributed by atoms with E-state index in [9.17, 15) is 4.79 Å². The third-order valence-electron chi connectivity index (χ3n) is 3.41. The molecule has 0 bridgehead atoms. The molecule has 2 aromatic rings. The Labute approximate surface area is 110 Å². The molecule has 0 aliphatic carbocycles. The van der Waals surface area contributed by atoms with Crippen molar-refractivity contribution in [2.75, 3.05) is 11.4 Å². The summed E-state index contributed by atoms with van der Waals surface area (Å²) in [6.07, 6.45) is 7.09. The largest absolute Gasteiger partial charge is 0.352 e. The summed E-state index contributed by atoms with van der Waals surface area (Å²) in [5.74, 6) is 0.918. The van der Waals surface area contributed by atoms with E-state index >= 15 is 0 Å². The monoisotopic (exact) mass is 257 g/mol. The van der Waals surface area contributed by atoms with Gasteiger partial charge in [0.2, 0.25) is 0 Å². The highest BCUT2D eigenvalue weighted by Gasteiger charge is 2.26. The molecule has 1 atom stereocenters. The molecule has 3 rings (SSSR count). The van der Waals surface area contributed by atoms with Gasteiger partial charge in [-0.05, 0) is 25.0 Å². The zero-order valence-electron chi connectivity index (χ0n) is 10.5. The van der Waals surface area contributed by atoms with Gasteiger partial charge in [-0.15, -0.1) is 0 Å². The molecule has 0 spiro atoms. The van der Waals surface area contributed by atoms with Crippen molar-refractivity contribution in [3.8, 4) is 0 Å². The topological polar surface area (TPSA) is 63.9 Å². The molecule has 1 fully saturated rings. The van der Waals surface area contributed by atoms with Gasteiger partial charge in [0.1, 0.15) is 12.1 Å². The average Bonchev–Trinajstić information content (AvgIpc) is 2.91. The van der Waals surface area contributed by atoms with Crippen molar-refractivity contribution in [3.63, 3.8) is 0 Å². The van der Waals surface area contributed by atoms with Crippen LogP contribution in [0.15, 0.2) is 41.7 Å². The first-order valence-corrected chi connectivity index (χ1v) is 6.39. The molecule has 0 N–H and O–H groups in total. The summed E-state index contributed by atoms with van der Waals surface area (Å²) in [7, 11) is 0. The summed E-state index contributed by atoms with van der Waals surface area (Å²) in [4.78, 5) is 22.1. The van der Waals surface area contributed by atoms with Crippen LogP contribution >= 0.6 is 0 Å². The Kier molecular flexibility index (Phi) is 3.22. The lowest BCUT2D eigenvalue weighted by Gasteiger charge is -2.25. The molecule has 3 heterocycles. The molecule has 19 heavy (non-hydrogen) atoms. The molecule has 0 amide bonds. The fourth-order valence-electron chi connectivity index (χ4n) is 2.50. The number of hydrogen-bond donors (Lipinski definition) is 0. The molecule has 6 nitrogen and oxygen atoms in total. The quantitative estimate of drug-likeness (QED) is 0.810. The average molecular weight is 257 g/mol. The van der Waals surface area contributed by atoms with Gasteiger partial charge in [0.15, 0.2) is 0 Å². The van der Waals surface area contributed by atoms with Gasteiger partial charge in [-0.2, -0.15) is 5.10 Å². The zero-order valence-corrected chi connectivity index (χ0v) is 10.5. The van der Waals surface area contributed by atoms with E-state index < -0.39 is 0 Å². The predicted octanol–water partition coefficient (Wildman–Crippen LogP) is 0.702. The third kappa shape index (κ3) is 2.47. The summed E-state index contributed by atoms with van der Waals surface area (Å²) in [5.41, 5.74) is -0.0583. The second-order valence-corrected chi connectivity index (χ2v) is 4.60. The summed E-state index contributed by atoms with van der Waals surface area (Å²) in [6, 6.07) is 5.37. The fraction of sp³-hybridized carbons (Fsp3) is 0.385. The van der Waals surface area contributed by atoms with Gasteiger partial charge in [-0.1, -0.05) is 0 Å². The molecular weight excluding hydrogens is 242 g/mol. The van der Waals surface area contributed by atoms with Gasteiger partial charge in [0, 0.05) is 25.0 Å². The summed E-state index contributed by atoms with van der Waals surface area (Å²) >= 11 is 0. The Bertz CT molecular complexity index is 597. The van der Waals surface area contributed by atoms with Crippen LogP contribution in [0.5, 0.6) is 0 Å². The van der Waals surface area contributed by atoms with Crippen LogP contribution in [0, 0.1) is 0 Å². The minimum atomic E-state index is -0.0583. The number of aromatic nitrogens is 4. The van der Waals surface area contributed by atoms with Crippen LogP contribution in [0.3, 0.4) is 0 Å². The van der Waals surface area contributed by atoms with Crippen LogP contribution in [0.1, 0.15) is 12.8 Å². The van der Waals surface area contributed by atoms with E-state index in [4.69, 9.17) is 0 Å². The fourth-order valence-corrected chi connectivity index (χ4v) is 2.50. The van der Waals surface area contributed by atoms with E-state index in [1.807, 2.05) is 6.07 Å². The van der Waals surface area contributed by atoms with E-state index in [2.05, 4.69) is 20.0 Å². The van der Waals surface area contributed by atoms with Crippen LogP contribution in [-0.4, -0.2) is 32.3 Å². The highest BCUT2D eigenvalue weighted by Crippen LogP contribution is 2.23. The van der Waals surface area contributed by atoms with E-state index in [1.165, 1.54) is 10.7 Å². The Morgan fingerprint density at radius 2 is 2.26 bits per heavy atom. The van der Waals surface area contributed by atoms with Crippen LogP contribution in [0.2, 0.25) is 0 Å². The van der Waals surface area contributed by atoms with E-state index in [0.29, 0.717) is 6.54 Å². The maximum absolute atomic E-state index is 11.7. The third-order valence-corrected chi connectivity index (χ3v) is 3.41. The summed E-state index contributed by atoms with van der Waals surface area (Å²) in [6.45, 7) is 1.56. The van der Waals surface area contributed by atoms with Crippen LogP contribution in [-0.2, 0) is 6.54 Å². The Morgan fingerprint density at radius 3 is 3.05 bits per heavy atom. The Hall–Kier alpha value is -2.24. The lowest BCUT2D eigenvalue weighted by atomic mass is 10.2. The van der Waals surface area contributed by atoms with Crippen molar-refractivity contribution in [2.24, 2.45) is 0 Å². The van der Waals surface area contributed by atoms with Gasteiger partial charge in [0.05, 0.1) is 12.6 Å². The number of hydrogen-bond acceptors (Lipinski definition) is 5. The molecule has 1 unspecified atom stereocenters. The van der Waals surface area contributed by atoms with Crippen molar-refractivity contribution >= 4 is 5.82 Å². The minimum absolute atomic E-state index is 0.0583. The van der Waals surface area contributed by atoms with Crippen LogP contribution in [0.4, 0.5) is 5.82 Å². The minimum Gasteiger partial charge on any atom is -0.352 e. The molecule has 98 valence electrons. The zero-order chi connectivity index (χ0) is 13.1. The maximum atomic E-state index is 11.7. The smallest absolute Gasteiger partial charge is 0.266 e. The predicted molar refractivity (Wildman–Crippen MR) is 70.9 cm³/mol. The van der Waals surface area contributed by atoms with E-state index in [0.717, 1.165) is 25.2 Å². The molecule has 0 radical (unpaired) electrons. The molecule has 0 saturated carbocycles. The lowest BCUT2D eigenvalue weighted by Crippen LogP contribution is -2.37. The maximum Gasteiger partial charge on any atom is 0.266 e. The van der Waals surface area contributed by atoms with Crippen molar-refractivity contribution in [1.82, 2.24) is 19.7 Å². The SMILES string of the molecule is O=c1cccnn1CC1CCCN1c1ccncn1. The number of anilines is 1. The van der Waals surface area contributed by atoms with E-state index in [1.54, 1.807) is 24.8 Å². The second-order valence-electron chi connectivity index (χ2n) is 4.60. The normalized spacial score (nSPS) is 18.7. The van der Waals surface area contributed by atoms with Gasteiger partial charge < -0.3 is 4.90 Å². The highest BCUT2D eigenvalue weighted by molar-refractivity contribution is 5.39. The van der Waals surface area contributed by atoms with Crippen molar-refractivity contribution in [2.45, 2.75) is 25.4 Å². The van der Waals surface area contributed by atoms with Crippen LogP contribution < -0.4 is 10.5 Å². The van der Waals surface area contributed by atoms with Gasteiger partial charge in [-0.25, -0.2) is 14.6 Å². The first-order valence-electron chi connectivity index (χ1n) is 6.39. The summed E-state index contributed by atoms with van der Waals surface area (Å²) < 4.78 is 1.52.